The van der Waals surface area contributed by atoms with Crippen LogP contribution in [0.1, 0.15) is 41.9 Å². The van der Waals surface area contributed by atoms with Gasteiger partial charge in [-0.2, -0.15) is 0 Å². The maximum absolute atomic E-state index is 6.33. The molecule has 1 N–H and O–H groups in total. The van der Waals surface area contributed by atoms with E-state index in [1.54, 1.807) is 0 Å². The summed E-state index contributed by atoms with van der Waals surface area (Å²) in [7, 11) is 1.98. The second kappa shape index (κ2) is 11.2. The van der Waals surface area contributed by atoms with Crippen LogP contribution in [0, 0.1) is 0 Å². The highest BCUT2D eigenvalue weighted by molar-refractivity contribution is 7.97. The molecule has 0 spiro atoms. The maximum atomic E-state index is 6.33. The third-order valence-electron chi connectivity index (χ3n) is 6.98. The van der Waals surface area contributed by atoms with E-state index < -0.39 is 0 Å². The Morgan fingerprint density at radius 1 is 1.18 bits per heavy atom. The number of aryl methyl sites for hydroxylation is 2. The molecule has 180 valence electrons. The lowest BCUT2D eigenvalue weighted by atomic mass is 9.75. The predicted octanol–water partition coefficient (Wildman–Crippen LogP) is 5.49. The van der Waals surface area contributed by atoms with Gasteiger partial charge in [0, 0.05) is 36.8 Å². The Morgan fingerprint density at radius 2 is 2.06 bits per heavy atom. The van der Waals surface area contributed by atoms with Gasteiger partial charge in [0.2, 0.25) is 0 Å². The lowest BCUT2D eigenvalue weighted by molar-refractivity contribution is 0.188. The number of rotatable bonds is 9. The Bertz CT molecular complexity index is 1100. The van der Waals surface area contributed by atoms with Crippen LogP contribution in [0.5, 0.6) is 5.75 Å². The number of fused-ring (bicyclic) bond motifs is 1. The molecule has 0 radical (unpaired) electrons. The minimum atomic E-state index is 0.460. The summed E-state index contributed by atoms with van der Waals surface area (Å²) < 4.78 is 11.4. The Hall–Kier alpha value is -1.99. The largest absolute Gasteiger partial charge is 0.492 e. The molecule has 1 fully saturated rings. The van der Waals surface area contributed by atoms with Crippen LogP contribution in [0.3, 0.4) is 0 Å². The highest BCUT2D eigenvalue weighted by atomic mass is 35.5. The molecule has 0 bridgehead atoms. The highest BCUT2D eigenvalue weighted by Gasteiger charge is 2.35. The van der Waals surface area contributed by atoms with Crippen molar-refractivity contribution in [1.29, 1.82) is 0 Å². The van der Waals surface area contributed by atoms with Gasteiger partial charge < -0.3 is 9.30 Å². The van der Waals surface area contributed by atoms with Crippen molar-refractivity contribution in [3.8, 4) is 5.75 Å². The van der Waals surface area contributed by atoms with Gasteiger partial charge in [-0.3, -0.25) is 9.62 Å². The van der Waals surface area contributed by atoms with E-state index >= 15 is 0 Å². The Balaban J connectivity index is 1.28. The van der Waals surface area contributed by atoms with E-state index in [9.17, 15) is 0 Å². The van der Waals surface area contributed by atoms with Gasteiger partial charge in [-0.15, -0.1) is 0 Å². The number of halogens is 1. The van der Waals surface area contributed by atoms with E-state index in [0.717, 1.165) is 35.2 Å². The molecule has 2 heterocycles. The number of benzene rings is 2. The fourth-order valence-corrected chi connectivity index (χ4v) is 6.26. The SMILES string of the molecule is Cn1cnc(SNCCOc2ccc3c(c2)C(Cc2cccc(Cl)c2)C(N2CCCC2)CC3)c1. The van der Waals surface area contributed by atoms with Crippen LogP contribution in [0.4, 0.5) is 0 Å². The van der Waals surface area contributed by atoms with Crippen LogP contribution in [0.2, 0.25) is 5.02 Å². The molecule has 1 saturated heterocycles. The molecule has 5 nitrogen and oxygen atoms in total. The fourth-order valence-electron chi connectivity index (χ4n) is 5.40. The summed E-state index contributed by atoms with van der Waals surface area (Å²) in [6, 6.07) is 15.7. The Kier molecular flexibility index (Phi) is 7.80. The fraction of sp³-hybridized carbons (Fsp3) is 0.444. The first-order chi connectivity index (χ1) is 16.7. The number of aromatic nitrogens is 2. The second-order valence-corrected chi connectivity index (χ2v) is 10.7. The van der Waals surface area contributed by atoms with Gasteiger partial charge in [0.1, 0.15) is 17.4 Å². The molecule has 2 aromatic carbocycles. The van der Waals surface area contributed by atoms with Crippen LogP contribution in [-0.4, -0.2) is 46.7 Å². The first-order valence-electron chi connectivity index (χ1n) is 12.3. The lowest BCUT2D eigenvalue weighted by Crippen LogP contribution is -2.41. The van der Waals surface area contributed by atoms with Crippen molar-refractivity contribution >= 4 is 23.5 Å². The van der Waals surface area contributed by atoms with E-state index in [1.807, 2.05) is 30.2 Å². The molecule has 2 aliphatic rings. The van der Waals surface area contributed by atoms with Gasteiger partial charge in [-0.05, 0) is 98.1 Å². The molecule has 1 aromatic heterocycles. The molecule has 1 aliphatic carbocycles. The lowest BCUT2D eigenvalue weighted by Gasteiger charge is -2.39. The molecular weight excluding hydrogens is 464 g/mol. The summed E-state index contributed by atoms with van der Waals surface area (Å²) in [5, 5.41) is 1.78. The molecule has 2 atom stereocenters. The molecule has 0 amide bonds. The van der Waals surface area contributed by atoms with Crippen LogP contribution in [-0.2, 0) is 19.9 Å². The minimum Gasteiger partial charge on any atom is -0.492 e. The summed E-state index contributed by atoms with van der Waals surface area (Å²) in [4.78, 5) is 7.04. The van der Waals surface area contributed by atoms with Crippen molar-refractivity contribution in [2.24, 2.45) is 7.05 Å². The first kappa shape index (κ1) is 23.7. The number of nitrogens with zero attached hydrogens (tertiary/aromatic N) is 3. The van der Waals surface area contributed by atoms with Crippen molar-refractivity contribution in [2.45, 2.75) is 49.1 Å². The van der Waals surface area contributed by atoms with Gasteiger partial charge in [0.15, 0.2) is 0 Å². The average Bonchev–Trinajstić information content (AvgIpc) is 3.51. The van der Waals surface area contributed by atoms with Gasteiger partial charge in [-0.1, -0.05) is 29.8 Å². The summed E-state index contributed by atoms with van der Waals surface area (Å²) >= 11 is 7.87. The molecule has 1 aliphatic heterocycles. The average molecular weight is 497 g/mol. The smallest absolute Gasteiger partial charge is 0.129 e. The third-order valence-corrected chi connectivity index (χ3v) is 7.98. The monoisotopic (exact) mass is 496 g/mol. The van der Waals surface area contributed by atoms with E-state index in [1.165, 1.54) is 61.0 Å². The molecule has 5 rings (SSSR count). The second-order valence-electron chi connectivity index (χ2n) is 9.37. The summed E-state index contributed by atoms with van der Waals surface area (Å²) in [6.45, 7) is 3.82. The summed E-state index contributed by atoms with van der Waals surface area (Å²) in [6.07, 6.45) is 9.83. The van der Waals surface area contributed by atoms with Gasteiger partial charge >= 0.3 is 0 Å². The van der Waals surface area contributed by atoms with Crippen LogP contribution < -0.4 is 9.46 Å². The van der Waals surface area contributed by atoms with Crippen LogP contribution >= 0.6 is 23.5 Å². The zero-order chi connectivity index (χ0) is 23.3. The number of imidazole rings is 1. The number of nitrogens with one attached hydrogen (secondary N) is 1. The van der Waals surface area contributed by atoms with Crippen LogP contribution in [0.25, 0.3) is 0 Å². The minimum absolute atomic E-state index is 0.460. The molecule has 2 unspecified atom stereocenters. The van der Waals surface area contributed by atoms with Crippen molar-refractivity contribution < 1.29 is 4.74 Å². The van der Waals surface area contributed by atoms with Gasteiger partial charge in [-0.25, -0.2) is 4.98 Å². The quantitative estimate of drug-likeness (QED) is 0.313. The van der Waals surface area contributed by atoms with E-state index in [4.69, 9.17) is 16.3 Å². The van der Waals surface area contributed by atoms with Crippen molar-refractivity contribution in [2.75, 3.05) is 26.2 Å². The van der Waals surface area contributed by atoms with Crippen molar-refractivity contribution in [3.63, 3.8) is 0 Å². The zero-order valence-electron chi connectivity index (χ0n) is 19.8. The number of likely N-dealkylation sites (tertiary alicyclic amines) is 1. The maximum Gasteiger partial charge on any atom is 0.129 e. The molecule has 3 aromatic rings. The zero-order valence-corrected chi connectivity index (χ0v) is 21.3. The molecule has 0 saturated carbocycles. The molecule has 34 heavy (non-hydrogen) atoms. The number of hydrogen-bond acceptors (Lipinski definition) is 5. The third kappa shape index (κ3) is 5.80. The predicted molar refractivity (Wildman–Crippen MR) is 140 cm³/mol. The van der Waals surface area contributed by atoms with Crippen LogP contribution in [0.15, 0.2) is 60.0 Å². The topological polar surface area (TPSA) is 42.3 Å². The molecule has 7 heteroatoms. The summed E-state index contributed by atoms with van der Waals surface area (Å²) in [5.41, 5.74) is 4.24. The Labute approximate surface area is 212 Å². The van der Waals surface area contributed by atoms with Crippen molar-refractivity contribution in [1.82, 2.24) is 19.2 Å². The standard InChI is InChI=1S/C27H33ClN4OS/c1-31-18-27(29-19-31)34-30-11-14-33-23-9-7-21-8-10-26(32-12-2-3-13-32)25(24(21)17-23)16-20-5-4-6-22(28)15-20/h4-7,9,15,17-19,25-26,30H,2-3,8,10-14,16H2,1H3. The van der Waals surface area contributed by atoms with E-state index in [0.29, 0.717) is 18.6 Å². The summed E-state index contributed by atoms with van der Waals surface area (Å²) in [5.74, 6) is 1.42. The van der Waals surface area contributed by atoms with E-state index in [2.05, 4.69) is 51.0 Å². The van der Waals surface area contributed by atoms with Gasteiger partial charge in [0.25, 0.3) is 0 Å². The first-order valence-corrected chi connectivity index (χ1v) is 13.5. The van der Waals surface area contributed by atoms with Gasteiger partial charge in [0.05, 0.1) is 6.33 Å². The number of hydrogen-bond donors (Lipinski definition) is 1. The molecular formula is C27H33ClN4OS. The normalized spacial score (nSPS) is 20.4. The van der Waals surface area contributed by atoms with Crippen molar-refractivity contribution in [3.05, 3.63) is 76.7 Å². The highest BCUT2D eigenvalue weighted by Crippen LogP contribution is 2.40. The Morgan fingerprint density at radius 3 is 2.85 bits per heavy atom. The van der Waals surface area contributed by atoms with E-state index in [-0.39, 0.29) is 0 Å². The number of ether oxygens (including phenoxy) is 1.